The van der Waals surface area contributed by atoms with Crippen LogP contribution in [0.25, 0.3) is 0 Å². The fraction of sp³-hybridized carbons (Fsp3) is 0.364. The van der Waals surface area contributed by atoms with Crippen molar-refractivity contribution in [2.75, 3.05) is 10.9 Å². The normalized spacial score (nSPS) is 11.3. The summed E-state index contributed by atoms with van der Waals surface area (Å²) in [6, 6.07) is 4.50. The third-order valence-corrected chi connectivity index (χ3v) is 2.76. The number of carbonyl (C=O) groups is 1. The van der Waals surface area contributed by atoms with Crippen LogP contribution in [0, 0.1) is 5.82 Å². The van der Waals surface area contributed by atoms with Crippen LogP contribution in [0.3, 0.4) is 0 Å². The van der Waals surface area contributed by atoms with Crippen LogP contribution in [0.5, 0.6) is 0 Å². The van der Waals surface area contributed by atoms with Gasteiger partial charge >= 0.3 is 25.0 Å². The quantitative estimate of drug-likeness (QED) is 0.409. The average molecular weight is 281 g/mol. The van der Waals surface area contributed by atoms with Crippen LogP contribution in [0.1, 0.15) is 19.8 Å². The molecule has 1 aromatic rings. The van der Waals surface area contributed by atoms with E-state index >= 15 is 0 Å². The van der Waals surface area contributed by atoms with Crippen molar-refractivity contribution in [2.45, 2.75) is 19.8 Å². The second kappa shape index (κ2) is 9.10. The van der Waals surface area contributed by atoms with E-state index in [0.717, 1.165) is 18.6 Å². The SMILES string of the molecule is CCCCOC(=O)N(c1ccc(F)cc1)S(=O)[O-].[Li+]. The molecule has 1 unspecified atom stereocenters. The van der Waals surface area contributed by atoms with E-state index < -0.39 is 23.2 Å². The van der Waals surface area contributed by atoms with Crippen molar-refractivity contribution in [2.24, 2.45) is 0 Å². The van der Waals surface area contributed by atoms with E-state index in [0.29, 0.717) is 10.7 Å². The number of carbonyl (C=O) groups excluding carboxylic acids is 1. The Morgan fingerprint density at radius 2 is 2.00 bits per heavy atom. The van der Waals surface area contributed by atoms with Gasteiger partial charge in [0.1, 0.15) is 5.82 Å². The number of hydrogen-bond acceptors (Lipinski definition) is 4. The van der Waals surface area contributed by atoms with Gasteiger partial charge in [-0.2, -0.15) is 0 Å². The zero-order valence-corrected chi connectivity index (χ0v) is 11.6. The zero-order valence-electron chi connectivity index (χ0n) is 10.8. The van der Waals surface area contributed by atoms with Gasteiger partial charge in [0.05, 0.1) is 23.6 Å². The van der Waals surface area contributed by atoms with Gasteiger partial charge in [-0.25, -0.2) is 13.5 Å². The summed E-state index contributed by atoms with van der Waals surface area (Å²) in [5.41, 5.74) is 0.0335. The van der Waals surface area contributed by atoms with Crippen LogP contribution in [0.2, 0.25) is 0 Å². The molecule has 0 saturated carbocycles. The maximum absolute atomic E-state index is 12.7. The molecule has 5 nitrogen and oxygen atoms in total. The van der Waals surface area contributed by atoms with Gasteiger partial charge in [0.15, 0.2) is 0 Å². The topological polar surface area (TPSA) is 69.7 Å². The Kier molecular flexibility index (Phi) is 8.68. The van der Waals surface area contributed by atoms with Gasteiger partial charge in [-0.15, -0.1) is 0 Å². The molecule has 0 fully saturated rings. The first-order valence-electron chi connectivity index (χ1n) is 5.38. The summed E-state index contributed by atoms with van der Waals surface area (Å²) < 4.78 is 39.9. The third-order valence-electron chi connectivity index (χ3n) is 2.10. The number of benzene rings is 1. The fourth-order valence-corrected chi connectivity index (χ4v) is 1.66. The summed E-state index contributed by atoms with van der Waals surface area (Å²) in [5.74, 6) is -0.519. The molecule has 0 heterocycles. The predicted octanol–water partition coefficient (Wildman–Crippen LogP) is -0.633. The van der Waals surface area contributed by atoms with Gasteiger partial charge < -0.3 is 9.29 Å². The molecule has 0 radical (unpaired) electrons. The Labute approximate surface area is 125 Å². The molecule has 0 N–H and O–H groups in total. The number of anilines is 1. The molecule has 0 aliphatic rings. The molecule has 0 saturated heterocycles. The number of nitrogens with zero attached hydrogens (tertiary/aromatic N) is 1. The van der Waals surface area contributed by atoms with Crippen molar-refractivity contribution in [3.63, 3.8) is 0 Å². The Bertz CT molecular complexity index is 429. The van der Waals surface area contributed by atoms with Crippen LogP contribution in [0.15, 0.2) is 24.3 Å². The van der Waals surface area contributed by atoms with E-state index in [9.17, 15) is 17.9 Å². The average Bonchev–Trinajstić information content (AvgIpc) is 2.32. The molecule has 1 rings (SSSR count). The van der Waals surface area contributed by atoms with E-state index in [1.807, 2.05) is 6.92 Å². The molecular formula is C11H13FLiNO4S. The number of hydrogen-bond donors (Lipinski definition) is 0. The van der Waals surface area contributed by atoms with Crippen LogP contribution in [0.4, 0.5) is 14.9 Å². The fourth-order valence-electron chi connectivity index (χ4n) is 1.19. The first kappa shape index (κ1) is 18.1. The van der Waals surface area contributed by atoms with Crippen LogP contribution in [-0.2, 0) is 16.0 Å². The predicted molar refractivity (Wildman–Crippen MR) is 64.1 cm³/mol. The Hall–Kier alpha value is -0.873. The molecule has 0 aliphatic heterocycles. The van der Waals surface area contributed by atoms with Crippen molar-refractivity contribution in [1.29, 1.82) is 0 Å². The molecule has 1 aromatic carbocycles. The van der Waals surface area contributed by atoms with Crippen LogP contribution in [-0.4, -0.2) is 21.5 Å². The number of halogens is 1. The van der Waals surface area contributed by atoms with E-state index in [2.05, 4.69) is 0 Å². The van der Waals surface area contributed by atoms with Crippen molar-refractivity contribution in [3.05, 3.63) is 30.1 Å². The van der Waals surface area contributed by atoms with E-state index in [4.69, 9.17) is 4.74 Å². The van der Waals surface area contributed by atoms with Crippen molar-refractivity contribution < 1.29 is 41.5 Å². The summed E-state index contributed by atoms with van der Waals surface area (Å²) in [5, 5.41) is 0. The van der Waals surface area contributed by atoms with Crippen LogP contribution < -0.4 is 23.2 Å². The van der Waals surface area contributed by atoms with Gasteiger partial charge in [-0.1, -0.05) is 13.3 Å². The van der Waals surface area contributed by atoms with E-state index in [1.165, 1.54) is 12.1 Å². The van der Waals surface area contributed by atoms with E-state index in [1.54, 1.807) is 0 Å². The molecule has 0 bridgehead atoms. The zero-order chi connectivity index (χ0) is 13.5. The van der Waals surface area contributed by atoms with Gasteiger partial charge in [-0.3, -0.25) is 4.21 Å². The molecule has 100 valence electrons. The Balaban J connectivity index is 0.00000324. The molecular weight excluding hydrogens is 268 g/mol. The first-order chi connectivity index (χ1) is 8.56. The minimum atomic E-state index is -2.81. The number of unbranched alkanes of at least 4 members (excludes halogenated alkanes) is 1. The largest absolute Gasteiger partial charge is 1.00 e. The summed E-state index contributed by atoms with van der Waals surface area (Å²) in [7, 11) is 0. The van der Waals surface area contributed by atoms with Crippen molar-refractivity contribution >= 4 is 23.0 Å². The molecule has 0 aromatic heterocycles. The minimum Gasteiger partial charge on any atom is -0.755 e. The number of rotatable bonds is 5. The standard InChI is InChI=1S/C11H14FNO4S.Li/c1-2-3-8-17-11(14)13(18(15)16)10-6-4-9(12)5-7-10;/h4-7H,2-3,8H2,1H3,(H,15,16);/q;+1/p-1. The molecule has 0 spiro atoms. The third kappa shape index (κ3) is 5.74. The van der Waals surface area contributed by atoms with Gasteiger partial charge in [-0.05, 0) is 30.7 Å². The van der Waals surface area contributed by atoms with E-state index in [-0.39, 0.29) is 31.2 Å². The Morgan fingerprint density at radius 3 is 2.47 bits per heavy atom. The second-order valence-corrected chi connectivity index (χ2v) is 4.26. The maximum atomic E-state index is 12.7. The van der Waals surface area contributed by atoms with Gasteiger partial charge in [0, 0.05) is 0 Å². The monoisotopic (exact) mass is 281 g/mol. The van der Waals surface area contributed by atoms with Crippen molar-refractivity contribution in [3.8, 4) is 0 Å². The summed E-state index contributed by atoms with van der Waals surface area (Å²) >= 11 is -2.81. The molecule has 1 atom stereocenters. The smallest absolute Gasteiger partial charge is 0.755 e. The van der Waals surface area contributed by atoms with Gasteiger partial charge in [0.25, 0.3) is 0 Å². The van der Waals surface area contributed by atoms with Gasteiger partial charge in [0.2, 0.25) is 0 Å². The first-order valence-corrected chi connectivity index (χ1v) is 6.41. The minimum absolute atomic E-state index is 0. The second-order valence-electron chi connectivity index (χ2n) is 3.46. The molecule has 1 amide bonds. The molecule has 8 heteroatoms. The maximum Gasteiger partial charge on any atom is 1.00 e. The molecule has 0 aliphatic carbocycles. The summed E-state index contributed by atoms with van der Waals surface area (Å²) in [6.07, 6.45) is 0.474. The summed E-state index contributed by atoms with van der Waals surface area (Å²) in [6.45, 7) is 2.06. The van der Waals surface area contributed by atoms with Crippen LogP contribution >= 0.6 is 0 Å². The van der Waals surface area contributed by atoms with Crippen molar-refractivity contribution in [1.82, 2.24) is 0 Å². The number of amides is 1. The number of ether oxygens (including phenoxy) is 1. The molecule has 19 heavy (non-hydrogen) atoms. The Morgan fingerprint density at radius 1 is 1.42 bits per heavy atom. The summed E-state index contributed by atoms with van der Waals surface area (Å²) in [4.78, 5) is 11.6.